The van der Waals surface area contributed by atoms with Crippen LogP contribution >= 0.6 is 11.6 Å². The van der Waals surface area contributed by atoms with Crippen molar-refractivity contribution in [1.82, 2.24) is 0 Å². The summed E-state index contributed by atoms with van der Waals surface area (Å²) in [5, 5.41) is 0.523. The maximum absolute atomic E-state index is 14.9. The fraction of sp³-hybridized carbons (Fsp3) is 0.0526. The molecule has 0 saturated carbocycles. The Morgan fingerprint density at radius 1 is 0.857 bits per heavy atom. The molecule has 1 radical (unpaired) electrons. The van der Waals surface area contributed by atoms with Crippen molar-refractivity contribution < 1.29 is 4.39 Å². The maximum atomic E-state index is 14.9. The molecule has 3 rings (SSSR count). The Balaban J connectivity index is 2.21. The second kappa shape index (κ2) is 5.71. The van der Waals surface area contributed by atoms with Gasteiger partial charge in [0.25, 0.3) is 0 Å². The van der Waals surface area contributed by atoms with E-state index in [4.69, 9.17) is 11.6 Å². The molecule has 103 valence electrons. The van der Waals surface area contributed by atoms with Gasteiger partial charge in [-0.05, 0) is 30.2 Å². The molecule has 0 aliphatic carbocycles. The molecule has 0 fully saturated rings. The van der Waals surface area contributed by atoms with E-state index in [2.05, 4.69) is 6.07 Å². The van der Waals surface area contributed by atoms with Crippen LogP contribution in [0.15, 0.2) is 60.7 Å². The lowest BCUT2D eigenvalue weighted by molar-refractivity contribution is 0.634. The van der Waals surface area contributed by atoms with E-state index in [1.807, 2.05) is 43.3 Å². The van der Waals surface area contributed by atoms with Crippen LogP contribution in [0.2, 0.25) is 5.02 Å². The molecule has 0 atom stereocenters. The molecule has 3 aromatic rings. The van der Waals surface area contributed by atoms with Crippen molar-refractivity contribution in [2.75, 3.05) is 0 Å². The molecule has 0 aliphatic rings. The summed E-state index contributed by atoms with van der Waals surface area (Å²) in [4.78, 5) is 0. The Hall–Kier alpha value is -2.12. The van der Waals surface area contributed by atoms with Gasteiger partial charge >= 0.3 is 0 Å². The molecule has 0 saturated heterocycles. The Kier molecular flexibility index (Phi) is 3.76. The minimum Gasteiger partial charge on any atom is -0.206 e. The third-order valence-corrected chi connectivity index (χ3v) is 3.84. The molecule has 0 spiro atoms. The van der Waals surface area contributed by atoms with Gasteiger partial charge in [-0.2, -0.15) is 0 Å². The van der Waals surface area contributed by atoms with Crippen molar-refractivity contribution in [3.05, 3.63) is 83.1 Å². The van der Waals surface area contributed by atoms with Crippen LogP contribution in [-0.4, -0.2) is 0 Å². The number of halogens is 2. The molecule has 2 heteroatoms. The molecule has 0 unspecified atom stereocenters. The molecule has 21 heavy (non-hydrogen) atoms. The second-order valence-electron chi connectivity index (χ2n) is 4.88. The van der Waals surface area contributed by atoms with E-state index in [0.717, 1.165) is 11.1 Å². The summed E-state index contributed by atoms with van der Waals surface area (Å²) in [5.41, 5.74) is 3.56. The van der Waals surface area contributed by atoms with Crippen LogP contribution in [0.4, 0.5) is 4.39 Å². The average Bonchev–Trinajstić information content (AvgIpc) is 2.49. The lowest BCUT2D eigenvalue weighted by Crippen LogP contribution is -1.92. The zero-order chi connectivity index (χ0) is 14.8. The monoisotopic (exact) mass is 295 g/mol. The number of hydrogen-bond acceptors (Lipinski definition) is 0. The van der Waals surface area contributed by atoms with Crippen LogP contribution in [0.3, 0.4) is 0 Å². The average molecular weight is 296 g/mol. The first-order valence-corrected chi connectivity index (χ1v) is 7.07. The van der Waals surface area contributed by atoms with Crippen molar-refractivity contribution >= 4 is 11.6 Å². The van der Waals surface area contributed by atoms with Gasteiger partial charge in [0, 0.05) is 21.7 Å². The molecule has 0 N–H and O–H groups in total. The highest BCUT2D eigenvalue weighted by Crippen LogP contribution is 2.34. The zero-order valence-electron chi connectivity index (χ0n) is 11.5. The SMILES string of the molecule is Cc1ccccc1-c1cc[c]c(-c2ccccc2Cl)c1F. The minimum absolute atomic E-state index is 0.292. The van der Waals surface area contributed by atoms with Gasteiger partial charge in [-0.3, -0.25) is 0 Å². The standard InChI is InChI=1S/C19H13ClF/c1-13-7-2-3-8-14(13)16-10-6-11-17(19(16)21)15-9-4-5-12-18(15)20/h2-10,12H,1H3. The summed E-state index contributed by atoms with van der Waals surface area (Å²) in [6, 6.07) is 21.4. The topological polar surface area (TPSA) is 0 Å². The summed E-state index contributed by atoms with van der Waals surface area (Å²) in [6.07, 6.45) is 0. The molecule has 0 amide bonds. The normalized spacial score (nSPS) is 10.6. The highest BCUT2D eigenvalue weighted by Gasteiger charge is 2.14. The fourth-order valence-corrected chi connectivity index (χ4v) is 2.65. The first-order chi connectivity index (χ1) is 10.2. The van der Waals surface area contributed by atoms with Gasteiger partial charge < -0.3 is 0 Å². The van der Waals surface area contributed by atoms with E-state index in [-0.39, 0.29) is 5.82 Å². The highest BCUT2D eigenvalue weighted by atomic mass is 35.5. The fourth-order valence-electron chi connectivity index (χ4n) is 2.42. The number of hydrogen-bond donors (Lipinski definition) is 0. The Morgan fingerprint density at radius 3 is 2.24 bits per heavy atom. The summed E-state index contributed by atoms with van der Waals surface area (Å²) in [7, 11) is 0. The van der Waals surface area contributed by atoms with E-state index >= 15 is 0 Å². The van der Waals surface area contributed by atoms with Gasteiger partial charge in [0.1, 0.15) is 5.82 Å². The smallest absolute Gasteiger partial charge is 0.139 e. The second-order valence-corrected chi connectivity index (χ2v) is 5.28. The predicted molar refractivity (Wildman–Crippen MR) is 85.9 cm³/mol. The predicted octanol–water partition coefficient (Wildman–Crippen LogP) is 5.92. The van der Waals surface area contributed by atoms with Crippen molar-refractivity contribution in [3.8, 4) is 22.3 Å². The molecule has 0 aromatic heterocycles. The third kappa shape index (κ3) is 2.57. The molecule has 0 bridgehead atoms. The third-order valence-electron chi connectivity index (χ3n) is 3.51. The van der Waals surface area contributed by atoms with Crippen LogP contribution in [0, 0.1) is 18.8 Å². The lowest BCUT2D eigenvalue weighted by atomic mass is 9.95. The van der Waals surface area contributed by atoms with Crippen LogP contribution in [0.1, 0.15) is 5.56 Å². The van der Waals surface area contributed by atoms with Gasteiger partial charge in [0.15, 0.2) is 0 Å². The van der Waals surface area contributed by atoms with Crippen molar-refractivity contribution in [3.63, 3.8) is 0 Å². The first-order valence-electron chi connectivity index (χ1n) is 6.69. The van der Waals surface area contributed by atoms with Crippen molar-refractivity contribution in [2.24, 2.45) is 0 Å². The zero-order valence-corrected chi connectivity index (χ0v) is 12.3. The summed E-state index contributed by atoms with van der Waals surface area (Å²) in [6.45, 7) is 1.97. The number of aryl methyl sites for hydroxylation is 1. The van der Waals surface area contributed by atoms with Crippen molar-refractivity contribution in [1.29, 1.82) is 0 Å². The molecular formula is C19H13ClF. The van der Waals surface area contributed by atoms with Crippen LogP contribution < -0.4 is 0 Å². The van der Waals surface area contributed by atoms with E-state index in [1.165, 1.54) is 0 Å². The molecule has 0 aliphatic heterocycles. The summed E-state index contributed by atoms with van der Waals surface area (Å²) < 4.78 is 14.9. The Morgan fingerprint density at radius 2 is 1.52 bits per heavy atom. The van der Waals surface area contributed by atoms with Gasteiger partial charge in [0.05, 0.1) is 0 Å². The van der Waals surface area contributed by atoms with E-state index in [1.54, 1.807) is 24.3 Å². The van der Waals surface area contributed by atoms with E-state index < -0.39 is 0 Å². The summed E-state index contributed by atoms with van der Waals surface area (Å²) in [5.74, 6) is -0.292. The Bertz CT molecular complexity index is 729. The number of benzene rings is 3. The minimum atomic E-state index is -0.292. The van der Waals surface area contributed by atoms with E-state index in [9.17, 15) is 4.39 Å². The van der Waals surface area contributed by atoms with Gasteiger partial charge in [-0.15, -0.1) is 0 Å². The van der Waals surface area contributed by atoms with Gasteiger partial charge in [-0.25, -0.2) is 4.39 Å². The molecule has 3 aromatic carbocycles. The largest absolute Gasteiger partial charge is 0.206 e. The highest BCUT2D eigenvalue weighted by molar-refractivity contribution is 6.33. The molecule has 0 nitrogen and oxygen atoms in total. The van der Waals surface area contributed by atoms with E-state index in [0.29, 0.717) is 21.7 Å². The van der Waals surface area contributed by atoms with Crippen LogP contribution in [0.5, 0.6) is 0 Å². The van der Waals surface area contributed by atoms with Gasteiger partial charge in [0.2, 0.25) is 0 Å². The van der Waals surface area contributed by atoms with Gasteiger partial charge in [-0.1, -0.05) is 66.2 Å². The van der Waals surface area contributed by atoms with Crippen molar-refractivity contribution in [2.45, 2.75) is 6.92 Å². The molecular weight excluding hydrogens is 283 g/mol. The molecule has 0 heterocycles. The maximum Gasteiger partial charge on any atom is 0.139 e. The Labute approximate surface area is 128 Å². The lowest BCUT2D eigenvalue weighted by Gasteiger charge is -2.11. The summed E-state index contributed by atoms with van der Waals surface area (Å²) >= 11 is 6.17. The van der Waals surface area contributed by atoms with Crippen LogP contribution in [0.25, 0.3) is 22.3 Å². The first kappa shape index (κ1) is 13.8. The quantitative estimate of drug-likeness (QED) is 0.550. The number of rotatable bonds is 2. The van der Waals surface area contributed by atoms with Crippen LogP contribution in [-0.2, 0) is 0 Å².